The highest BCUT2D eigenvalue weighted by molar-refractivity contribution is 6.06. The van der Waals surface area contributed by atoms with Crippen LogP contribution in [0.1, 0.15) is 41.6 Å². The average molecular weight is 483 g/mol. The second-order valence-electron chi connectivity index (χ2n) is 10.2. The number of amides is 1. The van der Waals surface area contributed by atoms with Gasteiger partial charge in [0.15, 0.2) is 0 Å². The van der Waals surface area contributed by atoms with Crippen LogP contribution in [0, 0.1) is 17.2 Å². The normalized spacial score (nSPS) is 20.0. The van der Waals surface area contributed by atoms with Crippen LogP contribution in [0.3, 0.4) is 0 Å². The summed E-state index contributed by atoms with van der Waals surface area (Å²) in [5.41, 5.74) is 4.07. The molecule has 6 heteroatoms. The summed E-state index contributed by atoms with van der Waals surface area (Å²) in [6.45, 7) is 0.480. The number of nitrogens with one attached hydrogen (secondary N) is 1. The number of rotatable bonds is 6. The summed E-state index contributed by atoms with van der Waals surface area (Å²) in [4.78, 5) is 25.2. The van der Waals surface area contributed by atoms with Gasteiger partial charge in [-0.3, -0.25) is 9.59 Å². The first-order valence-corrected chi connectivity index (χ1v) is 12.4. The van der Waals surface area contributed by atoms with Crippen LogP contribution >= 0.6 is 0 Å². The molecule has 2 aliphatic rings. The molecule has 1 heterocycles. The highest BCUT2D eigenvalue weighted by atomic mass is 19.1. The van der Waals surface area contributed by atoms with Crippen molar-refractivity contribution in [3.8, 4) is 11.1 Å². The Morgan fingerprint density at radius 3 is 2.36 bits per heavy atom. The van der Waals surface area contributed by atoms with Crippen molar-refractivity contribution in [3.05, 3.63) is 95.9 Å². The fourth-order valence-electron chi connectivity index (χ4n) is 6.03. The second kappa shape index (κ2) is 8.63. The van der Waals surface area contributed by atoms with Crippen LogP contribution in [0.15, 0.2) is 79.0 Å². The summed E-state index contributed by atoms with van der Waals surface area (Å²) in [5, 5.41) is 13.0. The molecule has 1 spiro atoms. The molecule has 6 rings (SSSR count). The van der Waals surface area contributed by atoms with Gasteiger partial charge in [-0.15, -0.1) is 0 Å². The minimum atomic E-state index is -0.871. The number of halogens is 1. The Bertz CT molecular complexity index is 1460. The zero-order valence-electron chi connectivity index (χ0n) is 19.8. The Morgan fingerprint density at radius 1 is 0.972 bits per heavy atom. The van der Waals surface area contributed by atoms with E-state index in [9.17, 15) is 19.1 Å². The summed E-state index contributed by atoms with van der Waals surface area (Å²) >= 11 is 0. The number of carbonyl (C=O) groups excluding carboxylic acids is 1. The molecular formula is C30H27FN2O3. The number of aliphatic carboxylic acids is 1. The molecule has 0 aliphatic heterocycles. The number of aromatic nitrogens is 1. The Balaban J connectivity index is 1.29. The third-order valence-corrected chi connectivity index (χ3v) is 8.17. The Kier molecular flexibility index (Phi) is 5.40. The van der Waals surface area contributed by atoms with E-state index in [1.165, 1.54) is 12.1 Å². The predicted octanol–water partition coefficient (Wildman–Crippen LogP) is 5.87. The van der Waals surface area contributed by atoms with Gasteiger partial charge in [0.05, 0.1) is 17.0 Å². The molecule has 3 aromatic carbocycles. The largest absolute Gasteiger partial charge is 0.481 e. The van der Waals surface area contributed by atoms with Crippen LogP contribution in [-0.4, -0.2) is 27.6 Å². The summed E-state index contributed by atoms with van der Waals surface area (Å²) in [6.07, 6.45) is 5.35. The highest BCUT2D eigenvalue weighted by Crippen LogP contribution is 2.58. The van der Waals surface area contributed by atoms with Gasteiger partial charge in [0, 0.05) is 24.2 Å². The maximum Gasteiger partial charge on any atom is 0.308 e. The Labute approximate surface area is 208 Å². The molecule has 0 bridgehead atoms. The quantitative estimate of drug-likeness (QED) is 0.361. The lowest BCUT2D eigenvalue weighted by atomic mass is 9.48. The van der Waals surface area contributed by atoms with Crippen LogP contribution in [0.2, 0.25) is 0 Å². The number of carbonyl (C=O) groups is 2. The monoisotopic (exact) mass is 482 g/mol. The smallest absolute Gasteiger partial charge is 0.308 e. The van der Waals surface area contributed by atoms with Gasteiger partial charge in [0.25, 0.3) is 5.91 Å². The van der Waals surface area contributed by atoms with Gasteiger partial charge in [-0.2, -0.15) is 0 Å². The fourth-order valence-corrected chi connectivity index (χ4v) is 6.03. The standard InChI is InChI=1S/C30H27FN2O3/c31-25-12-11-23(28(34)32-27-24(29(35)36)17-30(27)14-4-15-30)26-22(25)13-16-33(26)18-19-7-9-21(10-8-19)20-5-2-1-3-6-20/h1-3,5-13,16,24,27H,4,14-15,17-18H2,(H,32,34)(H,35,36). The molecule has 2 unspecified atom stereocenters. The van der Waals surface area contributed by atoms with E-state index in [1.807, 2.05) is 34.9 Å². The van der Waals surface area contributed by atoms with Crippen LogP contribution in [0.25, 0.3) is 22.0 Å². The SMILES string of the molecule is O=C(NC1C(C(=O)O)CC12CCC2)c1ccc(F)c2ccn(Cc3ccc(-c4ccccc4)cc3)c12. The lowest BCUT2D eigenvalue weighted by Gasteiger charge is -2.59. The first kappa shape index (κ1) is 22.5. The average Bonchev–Trinajstić information content (AvgIpc) is 3.26. The van der Waals surface area contributed by atoms with E-state index < -0.39 is 11.9 Å². The van der Waals surface area contributed by atoms with Crippen molar-refractivity contribution < 1.29 is 19.1 Å². The van der Waals surface area contributed by atoms with Crippen molar-refractivity contribution in [1.82, 2.24) is 9.88 Å². The van der Waals surface area contributed by atoms with E-state index in [0.29, 0.717) is 29.4 Å². The Hall–Kier alpha value is -3.93. The van der Waals surface area contributed by atoms with Crippen molar-refractivity contribution in [1.29, 1.82) is 0 Å². The first-order valence-electron chi connectivity index (χ1n) is 12.4. The maximum absolute atomic E-state index is 14.7. The van der Waals surface area contributed by atoms with E-state index in [4.69, 9.17) is 0 Å². The zero-order chi connectivity index (χ0) is 24.9. The van der Waals surface area contributed by atoms with Crippen molar-refractivity contribution in [3.63, 3.8) is 0 Å². The van der Waals surface area contributed by atoms with Crippen LogP contribution in [0.5, 0.6) is 0 Å². The topological polar surface area (TPSA) is 71.3 Å². The minimum absolute atomic E-state index is 0.0969. The molecule has 0 saturated heterocycles. The summed E-state index contributed by atoms with van der Waals surface area (Å²) < 4.78 is 16.6. The van der Waals surface area contributed by atoms with Crippen LogP contribution in [0.4, 0.5) is 4.39 Å². The number of fused-ring (bicyclic) bond motifs is 1. The molecule has 2 saturated carbocycles. The van der Waals surface area contributed by atoms with Crippen molar-refractivity contribution >= 4 is 22.8 Å². The van der Waals surface area contributed by atoms with Gasteiger partial charge in [0.1, 0.15) is 5.82 Å². The molecule has 2 fully saturated rings. The van der Waals surface area contributed by atoms with Crippen molar-refractivity contribution in [2.75, 3.05) is 0 Å². The third-order valence-electron chi connectivity index (χ3n) is 8.17. The van der Waals surface area contributed by atoms with E-state index in [0.717, 1.165) is 36.0 Å². The molecule has 4 aromatic rings. The predicted molar refractivity (Wildman–Crippen MR) is 136 cm³/mol. The lowest BCUT2D eigenvalue weighted by molar-refractivity contribution is -0.159. The molecule has 182 valence electrons. The molecule has 2 atom stereocenters. The van der Waals surface area contributed by atoms with Crippen molar-refractivity contribution in [2.24, 2.45) is 11.3 Å². The van der Waals surface area contributed by atoms with E-state index in [2.05, 4.69) is 29.6 Å². The van der Waals surface area contributed by atoms with Crippen LogP contribution in [-0.2, 0) is 11.3 Å². The third kappa shape index (κ3) is 3.68. The van der Waals surface area contributed by atoms with Gasteiger partial charge < -0.3 is 15.0 Å². The molecule has 2 N–H and O–H groups in total. The van der Waals surface area contributed by atoms with Gasteiger partial charge in [-0.25, -0.2) is 4.39 Å². The van der Waals surface area contributed by atoms with E-state index in [1.54, 1.807) is 12.3 Å². The number of benzene rings is 3. The van der Waals surface area contributed by atoms with Gasteiger partial charge in [-0.1, -0.05) is 61.0 Å². The number of carboxylic acids is 1. The minimum Gasteiger partial charge on any atom is -0.481 e. The number of hydrogen-bond acceptors (Lipinski definition) is 2. The summed E-state index contributed by atoms with van der Waals surface area (Å²) in [7, 11) is 0. The maximum atomic E-state index is 14.7. The van der Waals surface area contributed by atoms with Crippen LogP contribution < -0.4 is 5.32 Å². The molecule has 1 aromatic heterocycles. The van der Waals surface area contributed by atoms with E-state index in [-0.39, 0.29) is 23.2 Å². The Morgan fingerprint density at radius 2 is 1.69 bits per heavy atom. The number of hydrogen-bond donors (Lipinski definition) is 2. The van der Waals surface area contributed by atoms with Gasteiger partial charge in [0.2, 0.25) is 0 Å². The summed E-state index contributed by atoms with van der Waals surface area (Å²) in [5.74, 6) is -2.17. The highest BCUT2D eigenvalue weighted by Gasteiger charge is 2.60. The molecule has 36 heavy (non-hydrogen) atoms. The zero-order valence-corrected chi connectivity index (χ0v) is 19.8. The summed E-state index contributed by atoms with van der Waals surface area (Å²) in [6, 6.07) is 22.4. The van der Waals surface area contributed by atoms with Crippen molar-refractivity contribution in [2.45, 2.75) is 38.3 Å². The molecule has 2 aliphatic carbocycles. The molecule has 1 amide bonds. The number of carboxylic acid groups (broad SMARTS) is 1. The van der Waals surface area contributed by atoms with E-state index >= 15 is 0 Å². The molecule has 0 radical (unpaired) electrons. The van der Waals surface area contributed by atoms with Gasteiger partial charge in [-0.05, 0) is 59.6 Å². The lowest BCUT2D eigenvalue weighted by Crippen LogP contribution is -2.66. The number of nitrogens with zero attached hydrogens (tertiary/aromatic N) is 1. The fraction of sp³-hybridized carbons (Fsp3) is 0.267. The molecule has 5 nitrogen and oxygen atoms in total. The first-order chi connectivity index (χ1) is 17.4. The molecular weight excluding hydrogens is 455 g/mol. The van der Waals surface area contributed by atoms with Gasteiger partial charge >= 0.3 is 5.97 Å². The second-order valence-corrected chi connectivity index (χ2v) is 10.2.